The van der Waals surface area contributed by atoms with Crippen LogP contribution in [0.1, 0.15) is 17.2 Å². The molecule has 1 N–H and O–H groups in total. The number of fused-ring (bicyclic) bond motifs is 1. The molecule has 0 amide bonds. The standard InChI is InChI=1S/C17H14Cl2N2/c1-20-17(13-6-4-7-14(18)16(13)19)12-9-11-5-2-3-8-15(11)21-10-12/h2-10,17,20H,1H3. The Kier molecular flexibility index (Phi) is 4.11. The minimum absolute atomic E-state index is 0.0479. The van der Waals surface area contributed by atoms with Crippen LogP contribution >= 0.6 is 23.2 Å². The Morgan fingerprint density at radius 3 is 2.67 bits per heavy atom. The minimum atomic E-state index is -0.0479. The van der Waals surface area contributed by atoms with Gasteiger partial charge in [-0.25, -0.2) is 0 Å². The first-order chi connectivity index (χ1) is 10.2. The van der Waals surface area contributed by atoms with Crippen LogP contribution in [0.25, 0.3) is 10.9 Å². The van der Waals surface area contributed by atoms with Gasteiger partial charge in [0, 0.05) is 11.6 Å². The highest BCUT2D eigenvalue weighted by atomic mass is 35.5. The van der Waals surface area contributed by atoms with Crippen molar-refractivity contribution in [2.24, 2.45) is 0 Å². The van der Waals surface area contributed by atoms with Crippen LogP contribution in [0.3, 0.4) is 0 Å². The van der Waals surface area contributed by atoms with E-state index >= 15 is 0 Å². The molecule has 21 heavy (non-hydrogen) atoms. The molecule has 0 fully saturated rings. The highest BCUT2D eigenvalue weighted by Gasteiger charge is 2.17. The van der Waals surface area contributed by atoms with E-state index in [2.05, 4.69) is 22.4 Å². The molecule has 0 bridgehead atoms. The van der Waals surface area contributed by atoms with Gasteiger partial charge in [-0.15, -0.1) is 0 Å². The second kappa shape index (κ2) is 6.02. The zero-order valence-corrected chi connectivity index (χ0v) is 13.0. The van der Waals surface area contributed by atoms with Gasteiger partial charge in [-0.05, 0) is 36.4 Å². The van der Waals surface area contributed by atoms with Gasteiger partial charge in [0.1, 0.15) is 0 Å². The molecule has 0 spiro atoms. The van der Waals surface area contributed by atoms with E-state index in [1.54, 1.807) is 6.07 Å². The van der Waals surface area contributed by atoms with Gasteiger partial charge in [0.15, 0.2) is 0 Å². The molecular formula is C17H14Cl2N2. The number of nitrogens with one attached hydrogen (secondary N) is 1. The fourth-order valence-corrected chi connectivity index (χ4v) is 2.91. The third kappa shape index (κ3) is 2.75. The van der Waals surface area contributed by atoms with Gasteiger partial charge in [-0.2, -0.15) is 0 Å². The third-order valence-electron chi connectivity index (χ3n) is 3.53. The smallest absolute Gasteiger partial charge is 0.0702 e. The van der Waals surface area contributed by atoms with Gasteiger partial charge >= 0.3 is 0 Å². The fraction of sp³-hybridized carbons (Fsp3) is 0.118. The number of nitrogens with zero attached hydrogens (tertiary/aromatic N) is 1. The summed E-state index contributed by atoms with van der Waals surface area (Å²) in [7, 11) is 1.90. The van der Waals surface area contributed by atoms with Crippen molar-refractivity contribution in [1.29, 1.82) is 0 Å². The average Bonchev–Trinajstić information content (AvgIpc) is 2.52. The predicted molar refractivity (Wildman–Crippen MR) is 89.1 cm³/mol. The Hall–Kier alpha value is -1.61. The topological polar surface area (TPSA) is 24.9 Å². The summed E-state index contributed by atoms with van der Waals surface area (Å²) in [5.41, 5.74) is 2.98. The molecule has 3 aromatic rings. The van der Waals surface area contributed by atoms with Crippen molar-refractivity contribution in [2.45, 2.75) is 6.04 Å². The van der Waals surface area contributed by atoms with E-state index in [9.17, 15) is 0 Å². The molecule has 0 saturated carbocycles. The molecular weight excluding hydrogens is 303 g/mol. The fourth-order valence-electron chi connectivity index (χ4n) is 2.49. The van der Waals surface area contributed by atoms with E-state index in [0.29, 0.717) is 10.0 Å². The molecule has 106 valence electrons. The molecule has 1 aromatic heterocycles. The minimum Gasteiger partial charge on any atom is -0.309 e. The van der Waals surface area contributed by atoms with Crippen LogP contribution in [0.5, 0.6) is 0 Å². The molecule has 3 rings (SSSR count). The average molecular weight is 317 g/mol. The summed E-state index contributed by atoms with van der Waals surface area (Å²) in [6.45, 7) is 0. The van der Waals surface area contributed by atoms with Crippen LogP contribution in [0.4, 0.5) is 0 Å². The highest BCUT2D eigenvalue weighted by molar-refractivity contribution is 6.42. The van der Waals surface area contributed by atoms with E-state index in [-0.39, 0.29) is 6.04 Å². The molecule has 4 heteroatoms. The lowest BCUT2D eigenvalue weighted by atomic mass is 9.99. The first-order valence-electron chi connectivity index (χ1n) is 6.66. The van der Waals surface area contributed by atoms with Crippen molar-refractivity contribution in [3.05, 3.63) is 75.9 Å². The summed E-state index contributed by atoms with van der Waals surface area (Å²) in [4.78, 5) is 4.51. The number of pyridine rings is 1. The van der Waals surface area contributed by atoms with Crippen molar-refractivity contribution < 1.29 is 0 Å². The summed E-state index contributed by atoms with van der Waals surface area (Å²) >= 11 is 12.5. The van der Waals surface area contributed by atoms with E-state index < -0.39 is 0 Å². The zero-order valence-electron chi connectivity index (χ0n) is 11.5. The molecule has 0 aliphatic heterocycles. The largest absolute Gasteiger partial charge is 0.309 e. The van der Waals surface area contributed by atoms with Crippen molar-refractivity contribution >= 4 is 34.1 Å². The van der Waals surface area contributed by atoms with Crippen molar-refractivity contribution in [3.63, 3.8) is 0 Å². The van der Waals surface area contributed by atoms with Gasteiger partial charge in [-0.1, -0.05) is 53.5 Å². The zero-order chi connectivity index (χ0) is 14.8. The second-order valence-electron chi connectivity index (χ2n) is 4.83. The van der Waals surface area contributed by atoms with E-state index in [0.717, 1.165) is 22.0 Å². The molecule has 1 atom stereocenters. The first-order valence-corrected chi connectivity index (χ1v) is 7.42. The van der Waals surface area contributed by atoms with Crippen LogP contribution in [0.2, 0.25) is 10.0 Å². The van der Waals surface area contributed by atoms with Crippen LogP contribution in [-0.2, 0) is 0 Å². The van der Waals surface area contributed by atoms with Gasteiger partial charge in [-0.3, -0.25) is 4.98 Å². The summed E-state index contributed by atoms with van der Waals surface area (Å²) in [6, 6.07) is 15.8. The van der Waals surface area contributed by atoms with Crippen molar-refractivity contribution in [2.75, 3.05) is 7.05 Å². The Bertz CT molecular complexity index is 787. The molecule has 0 aliphatic carbocycles. The predicted octanol–water partition coefficient (Wildman–Crippen LogP) is 4.85. The number of para-hydroxylation sites is 1. The van der Waals surface area contributed by atoms with Crippen molar-refractivity contribution in [1.82, 2.24) is 10.3 Å². The van der Waals surface area contributed by atoms with Crippen LogP contribution in [0.15, 0.2) is 54.7 Å². The number of hydrogen-bond acceptors (Lipinski definition) is 2. The third-order valence-corrected chi connectivity index (χ3v) is 4.36. The Balaban J connectivity index is 2.11. The van der Waals surface area contributed by atoms with E-state index in [1.807, 2.05) is 43.6 Å². The summed E-state index contributed by atoms with van der Waals surface area (Å²) < 4.78 is 0. The summed E-state index contributed by atoms with van der Waals surface area (Å²) in [5.74, 6) is 0. The van der Waals surface area contributed by atoms with Gasteiger partial charge in [0.2, 0.25) is 0 Å². The Labute approximate surface area is 133 Å². The lowest BCUT2D eigenvalue weighted by Crippen LogP contribution is -2.18. The monoisotopic (exact) mass is 316 g/mol. The first kappa shape index (κ1) is 14.3. The van der Waals surface area contributed by atoms with E-state index in [4.69, 9.17) is 23.2 Å². The summed E-state index contributed by atoms with van der Waals surface area (Å²) in [6.07, 6.45) is 1.88. The SMILES string of the molecule is CNC(c1cnc2ccccc2c1)c1cccc(Cl)c1Cl. The molecule has 1 heterocycles. The van der Waals surface area contributed by atoms with Crippen LogP contribution in [-0.4, -0.2) is 12.0 Å². The molecule has 2 aromatic carbocycles. The number of aromatic nitrogens is 1. The quantitative estimate of drug-likeness (QED) is 0.747. The Morgan fingerprint density at radius 2 is 1.86 bits per heavy atom. The van der Waals surface area contributed by atoms with Crippen molar-refractivity contribution in [3.8, 4) is 0 Å². The molecule has 0 saturated heterocycles. The molecule has 2 nitrogen and oxygen atoms in total. The molecule has 0 aliphatic rings. The molecule has 0 radical (unpaired) electrons. The number of hydrogen-bond donors (Lipinski definition) is 1. The maximum Gasteiger partial charge on any atom is 0.0702 e. The lowest BCUT2D eigenvalue weighted by Gasteiger charge is -2.19. The van der Waals surface area contributed by atoms with Crippen LogP contribution < -0.4 is 5.32 Å². The van der Waals surface area contributed by atoms with Gasteiger partial charge in [0.05, 0.1) is 21.6 Å². The normalized spacial score (nSPS) is 12.5. The number of rotatable bonds is 3. The second-order valence-corrected chi connectivity index (χ2v) is 5.61. The Morgan fingerprint density at radius 1 is 1.05 bits per heavy atom. The lowest BCUT2D eigenvalue weighted by molar-refractivity contribution is 0.690. The maximum absolute atomic E-state index is 6.34. The van der Waals surface area contributed by atoms with Crippen LogP contribution in [0, 0.1) is 0 Å². The summed E-state index contributed by atoms with van der Waals surface area (Å²) in [5, 5.41) is 5.52. The van der Waals surface area contributed by atoms with Gasteiger partial charge < -0.3 is 5.32 Å². The number of benzene rings is 2. The maximum atomic E-state index is 6.34. The number of halogens is 2. The van der Waals surface area contributed by atoms with Gasteiger partial charge in [0.25, 0.3) is 0 Å². The highest BCUT2D eigenvalue weighted by Crippen LogP contribution is 2.33. The van der Waals surface area contributed by atoms with E-state index in [1.165, 1.54) is 0 Å². The molecule has 1 unspecified atom stereocenters.